The van der Waals surface area contributed by atoms with Crippen LogP contribution in [0.2, 0.25) is 0 Å². The van der Waals surface area contributed by atoms with Gasteiger partial charge in [-0.25, -0.2) is 0 Å². The van der Waals surface area contributed by atoms with Gasteiger partial charge in [0.05, 0.1) is 12.0 Å². The van der Waals surface area contributed by atoms with Crippen LogP contribution in [0.25, 0.3) is 0 Å². The van der Waals surface area contributed by atoms with Gasteiger partial charge < -0.3 is 5.32 Å². The lowest BCUT2D eigenvalue weighted by molar-refractivity contribution is -0.125. The monoisotopic (exact) mass is 404 g/mol. The first-order valence-electron chi connectivity index (χ1n) is 11.2. The highest BCUT2D eigenvalue weighted by atomic mass is 16.2. The van der Waals surface area contributed by atoms with Gasteiger partial charge in [0.2, 0.25) is 5.91 Å². The predicted molar refractivity (Wildman–Crippen MR) is 120 cm³/mol. The van der Waals surface area contributed by atoms with Crippen LogP contribution in [0.15, 0.2) is 54.6 Å². The summed E-state index contributed by atoms with van der Waals surface area (Å²) in [6, 6.07) is 18.9. The molecule has 0 spiro atoms. The van der Waals surface area contributed by atoms with Crippen LogP contribution in [0.1, 0.15) is 55.7 Å². The number of likely N-dealkylation sites (tertiary alicyclic amines) is 1. The number of rotatable bonds is 5. The first-order chi connectivity index (χ1) is 14.5. The maximum absolute atomic E-state index is 12.8. The largest absolute Gasteiger partial charge is 0.352 e. The van der Waals surface area contributed by atoms with Crippen LogP contribution in [0.5, 0.6) is 0 Å². The maximum Gasteiger partial charge on any atom is 0.234 e. The fraction of sp³-hybridized carbons (Fsp3) is 0.462. The molecule has 1 aliphatic heterocycles. The first kappa shape index (κ1) is 20.8. The van der Waals surface area contributed by atoms with E-state index in [0.717, 1.165) is 44.3 Å². The van der Waals surface area contributed by atoms with Crippen LogP contribution >= 0.6 is 0 Å². The molecule has 30 heavy (non-hydrogen) atoms. The molecule has 1 aliphatic carbocycles. The van der Waals surface area contributed by atoms with E-state index < -0.39 is 5.41 Å². The van der Waals surface area contributed by atoms with Gasteiger partial charge in [0.1, 0.15) is 5.78 Å². The van der Waals surface area contributed by atoms with Crippen LogP contribution in [0.4, 0.5) is 0 Å². The number of nitrogens with one attached hydrogen (secondary N) is 1. The number of carbonyl (C=O) groups is 2. The number of Topliss-reactive ketones (excluding diaryl/α,β-unsaturated/α-hetero) is 1. The lowest BCUT2D eigenvalue weighted by Crippen LogP contribution is -2.50. The molecule has 1 heterocycles. The molecule has 0 radical (unpaired) electrons. The van der Waals surface area contributed by atoms with Crippen molar-refractivity contribution in [2.24, 2.45) is 0 Å². The summed E-state index contributed by atoms with van der Waals surface area (Å²) in [5.41, 5.74) is 3.47. The zero-order chi connectivity index (χ0) is 21.1. The summed E-state index contributed by atoms with van der Waals surface area (Å²) in [5.74, 6) is 0.664. The third-order valence-corrected chi connectivity index (χ3v) is 7.30. The first-order valence-corrected chi connectivity index (χ1v) is 11.2. The highest BCUT2D eigenvalue weighted by molar-refractivity contribution is 5.88. The number of amides is 1. The molecular weight excluding hydrogens is 372 g/mol. The number of ketones is 1. The highest BCUT2D eigenvalue weighted by Crippen LogP contribution is 2.36. The zero-order valence-corrected chi connectivity index (χ0v) is 18.1. The average molecular weight is 405 g/mol. The van der Waals surface area contributed by atoms with Crippen molar-refractivity contribution in [2.75, 3.05) is 19.6 Å². The Balaban J connectivity index is 1.34. The molecule has 1 fully saturated rings. The van der Waals surface area contributed by atoms with Gasteiger partial charge in [-0.15, -0.1) is 0 Å². The standard InChI is InChI=1S/C26H32N2O2/c1-19-23-11-7-6-8-21(23)12-13-24(19)27-25(30)18-28-16-14-26(15-17-28,20(2)29)22-9-4-3-5-10-22/h3-11,19,24H,12-18H2,1-2H3,(H,27,30). The highest BCUT2D eigenvalue weighted by Gasteiger charge is 2.40. The molecule has 158 valence electrons. The number of benzene rings is 2. The summed E-state index contributed by atoms with van der Waals surface area (Å²) >= 11 is 0. The van der Waals surface area contributed by atoms with E-state index in [4.69, 9.17) is 0 Å². The zero-order valence-electron chi connectivity index (χ0n) is 18.1. The predicted octanol–water partition coefficient (Wildman–Crippen LogP) is 3.84. The maximum atomic E-state index is 12.8. The molecule has 2 aromatic carbocycles. The molecule has 0 saturated carbocycles. The number of nitrogens with zero attached hydrogens (tertiary/aromatic N) is 1. The molecule has 1 N–H and O–H groups in total. The van der Waals surface area contributed by atoms with Crippen molar-refractivity contribution in [1.82, 2.24) is 10.2 Å². The van der Waals surface area contributed by atoms with Crippen LogP contribution in [-0.4, -0.2) is 42.3 Å². The van der Waals surface area contributed by atoms with E-state index in [2.05, 4.69) is 53.5 Å². The van der Waals surface area contributed by atoms with E-state index in [1.165, 1.54) is 11.1 Å². The van der Waals surface area contributed by atoms with Gasteiger partial charge in [0, 0.05) is 12.0 Å². The second-order valence-corrected chi connectivity index (χ2v) is 8.98. The minimum atomic E-state index is -0.407. The van der Waals surface area contributed by atoms with Gasteiger partial charge in [-0.05, 0) is 62.4 Å². The summed E-state index contributed by atoms with van der Waals surface area (Å²) in [6.07, 6.45) is 3.55. The summed E-state index contributed by atoms with van der Waals surface area (Å²) in [4.78, 5) is 27.5. The van der Waals surface area contributed by atoms with Crippen molar-refractivity contribution in [3.63, 3.8) is 0 Å². The molecule has 2 atom stereocenters. The number of carbonyl (C=O) groups excluding carboxylic acids is 2. The van der Waals surface area contributed by atoms with Gasteiger partial charge in [-0.1, -0.05) is 61.5 Å². The minimum absolute atomic E-state index is 0.0984. The quantitative estimate of drug-likeness (QED) is 0.824. The van der Waals surface area contributed by atoms with Crippen LogP contribution < -0.4 is 5.32 Å². The molecule has 2 unspecified atom stereocenters. The summed E-state index contributed by atoms with van der Waals surface area (Å²) in [7, 11) is 0. The third kappa shape index (κ3) is 4.06. The van der Waals surface area contributed by atoms with Crippen molar-refractivity contribution in [3.05, 3.63) is 71.3 Å². The van der Waals surface area contributed by atoms with Crippen molar-refractivity contribution in [3.8, 4) is 0 Å². The summed E-state index contributed by atoms with van der Waals surface area (Å²) in [6.45, 7) is 5.87. The molecular formula is C26H32N2O2. The molecule has 2 aromatic rings. The SMILES string of the molecule is CC(=O)C1(c2ccccc2)CCN(CC(=O)NC2CCc3ccccc3C2C)CC1. The van der Waals surface area contributed by atoms with E-state index in [0.29, 0.717) is 12.5 Å². The molecule has 2 aliphatic rings. The Morgan fingerprint density at radius 3 is 2.40 bits per heavy atom. The molecule has 4 heteroatoms. The number of fused-ring (bicyclic) bond motifs is 1. The fourth-order valence-corrected chi connectivity index (χ4v) is 5.33. The lowest BCUT2D eigenvalue weighted by atomic mass is 9.70. The molecule has 4 nitrogen and oxygen atoms in total. The minimum Gasteiger partial charge on any atom is -0.352 e. The third-order valence-electron chi connectivity index (χ3n) is 7.30. The Hall–Kier alpha value is -2.46. The van der Waals surface area contributed by atoms with E-state index >= 15 is 0 Å². The fourth-order valence-electron chi connectivity index (χ4n) is 5.33. The van der Waals surface area contributed by atoms with Gasteiger partial charge in [0.15, 0.2) is 0 Å². The van der Waals surface area contributed by atoms with E-state index in [-0.39, 0.29) is 17.7 Å². The molecule has 4 rings (SSSR count). The molecule has 1 saturated heterocycles. The molecule has 0 aromatic heterocycles. The van der Waals surface area contributed by atoms with Gasteiger partial charge >= 0.3 is 0 Å². The summed E-state index contributed by atoms with van der Waals surface area (Å²) in [5, 5.41) is 3.28. The van der Waals surface area contributed by atoms with E-state index in [1.54, 1.807) is 6.92 Å². The van der Waals surface area contributed by atoms with E-state index in [1.807, 2.05) is 18.2 Å². The smallest absolute Gasteiger partial charge is 0.234 e. The summed E-state index contributed by atoms with van der Waals surface area (Å²) < 4.78 is 0. The average Bonchev–Trinajstić information content (AvgIpc) is 2.77. The Labute approximate surface area is 179 Å². The number of aryl methyl sites for hydroxylation is 1. The van der Waals surface area contributed by atoms with Crippen molar-refractivity contribution < 1.29 is 9.59 Å². The number of hydrogen-bond donors (Lipinski definition) is 1. The molecule has 1 amide bonds. The van der Waals surface area contributed by atoms with Crippen molar-refractivity contribution in [2.45, 2.75) is 56.9 Å². The Morgan fingerprint density at radius 2 is 1.70 bits per heavy atom. The second kappa shape index (κ2) is 8.73. The Bertz CT molecular complexity index is 900. The topological polar surface area (TPSA) is 49.4 Å². The van der Waals surface area contributed by atoms with Gasteiger partial charge in [-0.2, -0.15) is 0 Å². The van der Waals surface area contributed by atoms with Crippen LogP contribution in [0, 0.1) is 0 Å². The van der Waals surface area contributed by atoms with Crippen LogP contribution in [0.3, 0.4) is 0 Å². The lowest BCUT2D eigenvalue weighted by Gasteiger charge is -2.40. The van der Waals surface area contributed by atoms with Crippen molar-refractivity contribution >= 4 is 11.7 Å². The normalized spacial score (nSPS) is 23.4. The molecule has 0 bridgehead atoms. The van der Waals surface area contributed by atoms with Gasteiger partial charge in [0.25, 0.3) is 0 Å². The number of piperidine rings is 1. The second-order valence-electron chi connectivity index (χ2n) is 8.98. The van der Waals surface area contributed by atoms with Crippen molar-refractivity contribution in [1.29, 1.82) is 0 Å². The Morgan fingerprint density at radius 1 is 1.03 bits per heavy atom. The van der Waals surface area contributed by atoms with Crippen LogP contribution in [-0.2, 0) is 21.4 Å². The van der Waals surface area contributed by atoms with Gasteiger partial charge in [-0.3, -0.25) is 14.5 Å². The Kier molecular flexibility index (Phi) is 6.05. The van der Waals surface area contributed by atoms with E-state index in [9.17, 15) is 9.59 Å². The number of hydrogen-bond acceptors (Lipinski definition) is 3.